The van der Waals surface area contributed by atoms with Crippen LogP contribution in [-0.4, -0.2) is 34.8 Å². The standard InChI is InChI=1S/C30H30N4O3/c1-21-19-22(11-12-24(21)27(35)36)20-30(31-15-16-32-30)29(23-7-3-2-4-8-23)13-17-34(18-14-29)28-33-25-9-5-6-10-26(25)37-28/h2-12,15-16,19,31-32H,13-14,17-18,20H2,1H3,(H,35,36). The van der Waals surface area contributed by atoms with Gasteiger partial charge in [0, 0.05) is 37.3 Å². The molecule has 0 spiro atoms. The predicted molar refractivity (Wildman–Crippen MR) is 144 cm³/mol. The summed E-state index contributed by atoms with van der Waals surface area (Å²) in [5.41, 5.74) is 4.43. The van der Waals surface area contributed by atoms with E-state index in [-0.39, 0.29) is 5.41 Å². The molecule has 1 aromatic heterocycles. The van der Waals surface area contributed by atoms with Crippen molar-refractivity contribution in [3.63, 3.8) is 0 Å². The summed E-state index contributed by atoms with van der Waals surface area (Å²) >= 11 is 0. The van der Waals surface area contributed by atoms with E-state index in [1.165, 1.54) is 5.56 Å². The van der Waals surface area contributed by atoms with E-state index in [0.29, 0.717) is 18.0 Å². The average molecular weight is 495 g/mol. The highest BCUT2D eigenvalue weighted by molar-refractivity contribution is 5.89. The fourth-order valence-electron chi connectivity index (χ4n) is 6.13. The number of hydrogen-bond donors (Lipinski definition) is 3. The lowest BCUT2D eigenvalue weighted by atomic mass is 9.62. The lowest BCUT2D eigenvalue weighted by Crippen LogP contribution is -2.68. The summed E-state index contributed by atoms with van der Waals surface area (Å²) in [4.78, 5) is 18.6. The summed E-state index contributed by atoms with van der Waals surface area (Å²) in [6, 6.07) is 24.9. The van der Waals surface area contributed by atoms with Gasteiger partial charge in [-0.3, -0.25) is 0 Å². The molecule has 6 rings (SSSR count). The molecule has 2 aliphatic rings. The number of carboxylic acids is 1. The second-order valence-corrected chi connectivity index (χ2v) is 10.1. The van der Waals surface area contributed by atoms with Gasteiger partial charge in [0.15, 0.2) is 5.58 Å². The van der Waals surface area contributed by atoms with Crippen molar-refractivity contribution >= 4 is 23.1 Å². The number of aryl methyl sites for hydroxylation is 1. The number of benzene rings is 3. The van der Waals surface area contributed by atoms with Crippen LogP contribution in [0.25, 0.3) is 11.1 Å². The summed E-state index contributed by atoms with van der Waals surface area (Å²) in [5.74, 6) is -0.898. The van der Waals surface area contributed by atoms with Crippen LogP contribution in [0.5, 0.6) is 0 Å². The Morgan fingerprint density at radius 1 is 1.00 bits per heavy atom. The second kappa shape index (κ2) is 9.00. The number of piperidine rings is 1. The molecule has 3 aromatic carbocycles. The first-order chi connectivity index (χ1) is 18.0. The number of aromatic carboxylic acids is 1. The fourth-order valence-corrected chi connectivity index (χ4v) is 6.13. The van der Waals surface area contributed by atoms with Gasteiger partial charge in [-0.1, -0.05) is 54.6 Å². The number of aromatic nitrogens is 1. The van der Waals surface area contributed by atoms with Gasteiger partial charge in [-0.2, -0.15) is 4.98 Å². The van der Waals surface area contributed by atoms with E-state index in [2.05, 4.69) is 45.9 Å². The van der Waals surface area contributed by atoms with E-state index in [4.69, 9.17) is 9.40 Å². The summed E-state index contributed by atoms with van der Waals surface area (Å²) in [6.07, 6.45) is 6.42. The fraction of sp³-hybridized carbons (Fsp3) is 0.267. The molecule has 1 saturated heterocycles. The molecule has 0 unspecified atom stereocenters. The molecule has 2 aliphatic heterocycles. The van der Waals surface area contributed by atoms with Gasteiger partial charge in [-0.15, -0.1) is 0 Å². The molecular formula is C30H30N4O3. The van der Waals surface area contributed by atoms with Crippen LogP contribution < -0.4 is 15.5 Å². The minimum Gasteiger partial charge on any atom is -0.478 e. The smallest absolute Gasteiger partial charge is 0.335 e. The first-order valence-electron chi connectivity index (χ1n) is 12.7. The van der Waals surface area contributed by atoms with E-state index >= 15 is 0 Å². The van der Waals surface area contributed by atoms with Gasteiger partial charge in [0.25, 0.3) is 6.01 Å². The van der Waals surface area contributed by atoms with Crippen molar-refractivity contribution < 1.29 is 14.3 Å². The number of nitrogens with zero attached hydrogens (tertiary/aromatic N) is 2. The number of hydrogen-bond acceptors (Lipinski definition) is 6. The normalized spacial score (nSPS) is 17.9. The zero-order valence-electron chi connectivity index (χ0n) is 20.8. The molecule has 0 bridgehead atoms. The SMILES string of the molecule is Cc1cc(CC2(C3(c4ccccc4)CCN(c4nc5ccccc5o4)CC3)NC=CN2)ccc1C(=O)O. The van der Waals surface area contributed by atoms with Crippen molar-refractivity contribution in [3.05, 3.63) is 107 Å². The molecule has 0 amide bonds. The molecular weight excluding hydrogens is 464 g/mol. The van der Waals surface area contributed by atoms with Crippen LogP contribution in [0.2, 0.25) is 0 Å². The van der Waals surface area contributed by atoms with Crippen LogP contribution in [0, 0.1) is 6.92 Å². The largest absolute Gasteiger partial charge is 0.478 e. The third-order valence-corrected chi connectivity index (χ3v) is 8.05. The number of nitrogens with one attached hydrogen (secondary N) is 2. The number of fused-ring (bicyclic) bond motifs is 1. The molecule has 0 saturated carbocycles. The van der Waals surface area contributed by atoms with E-state index in [9.17, 15) is 9.90 Å². The van der Waals surface area contributed by atoms with Crippen LogP contribution in [0.4, 0.5) is 6.01 Å². The molecule has 0 aliphatic carbocycles. The summed E-state index contributed by atoms with van der Waals surface area (Å²) in [6.45, 7) is 3.45. The van der Waals surface area contributed by atoms with Gasteiger partial charge in [-0.25, -0.2) is 4.79 Å². The molecule has 1 fully saturated rings. The van der Waals surface area contributed by atoms with Crippen molar-refractivity contribution in [1.82, 2.24) is 15.6 Å². The monoisotopic (exact) mass is 494 g/mol. The quantitative estimate of drug-likeness (QED) is 0.348. The van der Waals surface area contributed by atoms with Gasteiger partial charge < -0.3 is 25.1 Å². The molecule has 7 heteroatoms. The molecule has 188 valence electrons. The van der Waals surface area contributed by atoms with Crippen molar-refractivity contribution in [1.29, 1.82) is 0 Å². The van der Waals surface area contributed by atoms with Crippen LogP contribution in [0.15, 0.2) is 89.6 Å². The Kier molecular flexibility index (Phi) is 5.63. The van der Waals surface area contributed by atoms with Gasteiger partial charge >= 0.3 is 5.97 Å². The highest BCUT2D eigenvalue weighted by atomic mass is 16.4. The Morgan fingerprint density at radius 2 is 1.70 bits per heavy atom. The second-order valence-electron chi connectivity index (χ2n) is 10.1. The first kappa shape index (κ1) is 23.2. The first-order valence-corrected chi connectivity index (χ1v) is 12.7. The summed E-state index contributed by atoms with van der Waals surface area (Å²) in [7, 11) is 0. The molecule has 0 atom stereocenters. The average Bonchev–Trinajstić information content (AvgIpc) is 3.57. The van der Waals surface area contributed by atoms with Gasteiger partial charge in [0.2, 0.25) is 0 Å². The van der Waals surface area contributed by atoms with Crippen molar-refractivity contribution in [2.24, 2.45) is 0 Å². The molecule has 0 radical (unpaired) electrons. The maximum Gasteiger partial charge on any atom is 0.335 e. The van der Waals surface area contributed by atoms with Crippen molar-refractivity contribution in [2.45, 2.75) is 37.3 Å². The van der Waals surface area contributed by atoms with Gasteiger partial charge in [0.05, 0.1) is 5.56 Å². The van der Waals surface area contributed by atoms with E-state index in [1.807, 2.05) is 55.7 Å². The zero-order valence-corrected chi connectivity index (χ0v) is 20.8. The van der Waals surface area contributed by atoms with Crippen LogP contribution in [0.1, 0.15) is 39.9 Å². The van der Waals surface area contributed by atoms with Gasteiger partial charge in [0.1, 0.15) is 11.2 Å². The maximum absolute atomic E-state index is 11.6. The van der Waals surface area contributed by atoms with Crippen LogP contribution in [-0.2, 0) is 11.8 Å². The number of para-hydroxylation sites is 2. The maximum atomic E-state index is 11.6. The Bertz CT molecular complexity index is 1430. The van der Waals surface area contributed by atoms with E-state index in [0.717, 1.165) is 48.2 Å². The highest BCUT2D eigenvalue weighted by Crippen LogP contribution is 2.46. The zero-order chi connectivity index (χ0) is 25.5. The lowest BCUT2D eigenvalue weighted by Gasteiger charge is -2.53. The molecule has 3 heterocycles. The summed E-state index contributed by atoms with van der Waals surface area (Å²) < 4.78 is 6.09. The Morgan fingerprint density at radius 3 is 2.38 bits per heavy atom. The minimum absolute atomic E-state index is 0.236. The summed E-state index contributed by atoms with van der Waals surface area (Å²) in [5, 5.41) is 16.9. The third kappa shape index (κ3) is 3.91. The lowest BCUT2D eigenvalue weighted by molar-refractivity contribution is 0.0696. The number of carboxylic acid groups (broad SMARTS) is 1. The van der Waals surface area contributed by atoms with Crippen LogP contribution >= 0.6 is 0 Å². The topological polar surface area (TPSA) is 90.6 Å². The van der Waals surface area contributed by atoms with E-state index in [1.54, 1.807) is 6.07 Å². The molecule has 7 nitrogen and oxygen atoms in total. The number of rotatable bonds is 6. The number of carbonyl (C=O) groups is 1. The predicted octanol–water partition coefficient (Wildman–Crippen LogP) is 4.98. The Labute approximate surface area is 215 Å². The number of oxazole rings is 1. The van der Waals surface area contributed by atoms with Crippen molar-refractivity contribution in [3.8, 4) is 0 Å². The van der Waals surface area contributed by atoms with Crippen molar-refractivity contribution in [2.75, 3.05) is 18.0 Å². The Balaban J connectivity index is 1.36. The van der Waals surface area contributed by atoms with Crippen LogP contribution in [0.3, 0.4) is 0 Å². The number of anilines is 1. The third-order valence-electron chi connectivity index (χ3n) is 8.05. The molecule has 37 heavy (non-hydrogen) atoms. The highest BCUT2D eigenvalue weighted by Gasteiger charge is 2.54. The molecule has 3 N–H and O–H groups in total. The Hall–Kier alpha value is -4.26. The van der Waals surface area contributed by atoms with Gasteiger partial charge in [-0.05, 0) is 54.7 Å². The minimum atomic E-state index is -0.898. The molecule has 4 aromatic rings. The van der Waals surface area contributed by atoms with E-state index < -0.39 is 11.6 Å².